The van der Waals surface area contributed by atoms with E-state index in [1.807, 2.05) is 13.0 Å². The molecule has 2 unspecified atom stereocenters. The van der Waals surface area contributed by atoms with E-state index in [0.29, 0.717) is 5.92 Å². The van der Waals surface area contributed by atoms with Gasteiger partial charge in [-0.1, -0.05) is 56.3 Å². The van der Waals surface area contributed by atoms with Gasteiger partial charge in [0.2, 0.25) is 0 Å². The molecule has 2 atom stereocenters. The van der Waals surface area contributed by atoms with E-state index < -0.39 is 5.41 Å². The average Bonchev–Trinajstić information content (AvgIpc) is 2.54. The van der Waals surface area contributed by atoms with Gasteiger partial charge >= 0.3 is 5.97 Å². The smallest absolute Gasteiger partial charge is 0.311 e. The Bertz CT molecular complexity index is 450. The van der Waals surface area contributed by atoms with Crippen molar-refractivity contribution in [2.45, 2.75) is 52.4 Å². The van der Waals surface area contributed by atoms with E-state index in [1.54, 1.807) is 0 Å². The first kappa shape index (κ1) is 17.5. The van der Waals surface area contributed by atoms with Gasteiger partial charge in [0.25, 0.3) is 0 Å². The fourth-order valence-electron chi connectivity index (χ4n) is 2.65. The molecule has 0 heterocycles. The van der Waals surface area contributed by atoms with Crippen LogP contribution in [0.15, 0.2) is 42.5 Å². The third-order valence-electron chi connectivity index (χ3n) is 4.25. The van der Waals surface area contributed by atoms with Crippen molar-refractivity contribution < 1.29 is 9.53 Å². The fraction of sp³-hybridized carbons (Fsp3) is 0.526. The van der Waals surface area contributed by atoms with Crippen molar-refractivity contribution in [1.29, 1.82) is 0 Å². The standard InChI is InChI=1S/C19H28O2/c1-5-7-9-14-17(16-12-10-8-11-13-16)15-19(3,6-2)18(20)21-4/h7-13,17H,5-6,14-15H2,1-4H3. The van der Waals surface area contributed by atoms with Gasteiger partial charge < -0.3 is 4.74 Å². The van der Waals surface area contributed by atoms with Crippen LogP contribution >= 0.6 is 0 Å². The molecule has 0 bridgehead atoms. The van der Waals surface area contributed by atoms with Gasteiger partial charge in [-0.2, -0.15) is 0 Å². The zero-order valence-corrected chi connectivity index (χ0v) is 13.8. The van der Waals surface area contributed by atoms with Crippen molar-refractivity contribution in [3.8, 4) is 0 Å². The zero-order valence-electron chi connectivity index (χ0n) is 13.8. The summed E-state index contributed by atoms with van der Waals surface area (Å²) >= 11 is 0. The monoisotopic (exact) mass is 288 g/mol. The van der Waals surface area contributed by atoms with E-state index in [2.05, 4.69) is 50.3 Å². The Morgan fingerprint density at radius 1 is 1.24 bits per heavy atom. The van der Waals surface area contributed by atoms with E-state index in [9.17, 15) is 4.79 Å². The second kappa shape index (κ2) is 8.66. The summed E-state index contributed by atoms with van der Waals surface area (Å²) in [5, 5.41) is 0. The van der Waals surface area contributed by atoms with Crippen LogP contribution in [-0.2, 0) is 9.53 Å². The molecule has 2 heteroatoms. The van der Waals surface area contributed by atoms with Crippen LogP contribution in [0.25, 0.3) is 0 Å². The number of hydrogen-bond donors (Lipinski definition) is 0. The van der Waals surface area contributed by atoms with E-state index in [0.717, 1.165) is 25.7 Å². The fourth-order valence-corrected chi connectivity index (χ4v) is 2.65. The number of esters is 1. The van der Waals surface area contributed by atoms with Crippen LogP contribution < -0.4 is 0 Å². The Kier molecular flexibility index (Phi) is 7.21. The van der Waals surface area contributed by atoms with Crippen LogP contribution in [0.3, 0.4) is 0 Å². The van der Waals surface area contributed by atoms with Crippen LogP contribution in [-0.4, -0.2) is 13.1 Å². The lowest BCUT2D eigenvalue weighted by Crippen LogP contribution is -2.30. The Labute approximate surface area is 129 Å². The molecule has 21 heavy (non-hydrogen) atoms. The number of allylic oxidation sites excluding steroid dienone is 2. The summed E-state index contributed by atoms with van der Waals surface area (Å²) < 4.78 is 5.01. The maximum Gasteiger partial charge on any atom is 0.311 e. The number of ether oxygens (including phenoxy) is 1. The van der Waals surface area contributed by atoms with Gasteiger partial charge in [-0.15, -0.1) is 0 Å². The molecule has 1 aromatic carbocycles. The highest BCUT2D eigenvalue weighted by molar-refractivity contribution is 5.76. The summed E-state index contributed by atoms with van der Waals surface area (Å²) in [6.07, 6.45) is 8.03. The number of hydrogen-bond acceptors (Lipinski definition) is 2. The Balaban J connectivity index is 2.96. The van der Waals surface area contributed by atoms with Crippen LogP contribution in [0, 0.1) is 5.41 Å². The highest BCUT2D eigenvalue weighted by atomic mass is 16.5. The molecule has 116 valence electrons. The Morgan fingerprint density at radius 2 is 1.90 bits per heavy atom. The molecule has 0 fully saturated rings. The lowest BCUT2D eigenvalue weighted by atomic mass is 9.75. The van der Waals surface area contributed by atoms with Crippen molar-refractivity contribution in [2.75, 3.05) is 7.11 Å². The minimum atomic E-state index is -0.421. The third kappa shape index (κ3) is 5.04. The highest BCUT2D eigenvalue weighted by Gasteiger charge is 2.35. The molecule has 0 amide bonds. The van der Waals surface area contributed by atoms with Crippen molar-refractivity contribution in [3.05, 3.63) is 48.0 Å². The first-order chi connectivity index (χ1) is 10.1. The molecule has 0 saturated heterocycles. The van der Waals surface area contributed by atoms with Crippen molar-refractivity contribution in [1.82, 2.24) is 0 Å². The van der Waals surface area contributed by atoms with Crippen molar-refractivity contribution >= 4 is 5.97 Å². The van der Waals surface area contributed by atoms with Gasteiger partial charge in [-0.05, 0) is 44.1 Å². The largest absolute Gasteiger partial charge is 0.469 e. The number of methoxy groups -OCH3 is 1. The number of carbonyl (C=O) groups excluding carboxylic acids is 1. The average molecular weight is 288 g/mol. The normalized spacial score (nSPS) is 15.6. The van der Waals surface area contributed by atoms with Gasteiger partial charge in [-0.3, -0.25) is 4.79 Å². The third-order valence-corrected chi connectivity index (χ3v) is 4.25. The first-order valence-electron chi connectivity index (χ1n) is 7.85. The maximum absolute atomic E-state index is 12.1. The quantitative estimate of drug-likeness (QED) is 0.491. The summed E-state index contributed by atoms with van der Waals surface area (Å²) in [5.74, 6) is 0.239. The Hall–Kier alpha value is -1.57. The van der Waals surface area contributed by atoms with Gasteiger partial charge in [-0.25, -0.2) is 0 Å². The van der Waals surface area contributed by atoms with Crippen LogP contribution in [0.5, 0.6) is 0 Å². The SMILES string of the molecule is CCC=CCC(CC(C)(CC)C(=O)OC)c1ccccc1. The zero-order chi connectivity index (χ0) is 15.7. The van der Waals surface area contributed by atoms with Crippen LogP contribution in [0.1, 0.15) is 57.9 Å². The molecule has 0 radical (unpaired) electrons. The predicted molar refractivity (Wildman–Crippen MR) is 88.3 cm³/mol. The summed E-state index contributed by atoms with van der Waals surface area (Å²) in [6.45, 7) is 6.21. The molecule has 0 aliphatic heterocycles. The molecule has 1 aromatic rings. The minimum absolute atomic E-state index is 0.106. The Morgan fingerprint density at radius 3 is 2.43 bits per heavy atom. The van der Waals surface area contributed by atoms with Crippen molar-refractivity contribution in [2.24, 2.45) is 5.41 Å². The maximum atomic E-state index is 12.1. The molecule has 0 aromatic heterocycles. The molecule has 0 spiro atoms. The summed E-state index contributed by atoms with van der Waals surface area (Å²) in [6, 6.07) is 10.5. The summed E-state index contributed by atoms with van der Waals surface area (Å²) in [5.41, 5.74) is 0.872. The second-order valence-corrected chi connectivity index (χ2v) is 5.83. The lowest BCUT2D eigenvalue weighted by molar-refractivity contribution is -0.152. The van der Waals surface area contributed by atoms with Crippen LogP contribution in [0.4, 0.5) is 0 Å². The molecular weight excluding hydrogens is 260 g/mol. The topological polar surface area (TPSA) is 26.3 Å². The second-order valence-electron chi connectivity index (χ2n) is 5.83. The van der Waals surface area contributed by atoms with Gasteiger partial charge in [0, 0.05) is 0 Å². The molecule has 2 nitrogen and oxygen atoms in total. The molecular formula is C19H28O2. The predicted octanol–water partition coefficient (Wildman–Crippen LogP) is 5.11. The van der Waals surface area contributed by atoms with Gasteiger partial charge in [0.1, 0.15) is 0 Å². The molecule has 0 aliphatic carbocycles. The number of benzene rings is 1. The summed E-state index contributed by atoms with van der Waals surface area (Å²) in [4.78, 5) is 12.1. The number of carbonyl (C=O) groups is 1. The number of rotatable bonds is 8. The van der Waals surface area contributed by atoms with Crippen molar-refractivity contribution in [3.63, 3.8) is 0 Å². The summed E-state index contributed by atoms with van der Waals surface area (Å²) in [7, 11) is 1.48. The van der Waals surface area contributed by atoms with E-state index in [1.165, 1.54) is 12.7 Å². The van der Waals surface area contributed by atoms with E-state index >= 15 is 0 Å². The highest BCUT2D eigenvalue weighted by Crippen LogP contribution is 2.37. The lowest BCUT2D eigenvalue weighted by Gasteiger charge is -2.29. The molecule has 0 N–H and O–H groups in total. The van der Waals surface area contributed by atoms with Crippen LogP contribution in [0.2, 0.25) is 0 Å². The van der Waals surface area contributed by atoms with E-state index in [4.69, 9.17) is 4.74 Å². The van der Waals surface area contributed by atoms with E-state index in [-0.39, 0.29) is 5.97 Å². The molecule has 0 saturated carbocycles. The molecule has 0 aliphatic rings. The molecule has 1 rings (SSSR count). The minimum Gasteiger partial charge on any atom is -0.469 e. The van der Waals surface area contributed by atoms with Gasteiger partial charge in [0.15, 0.2) is 0 Å². The first-order valence-corrected chi connectivity index (χ1v) is 7.85. The van der Waals surface area contributed by atoms with Gasteiger partial charge in [0.05, 0.1) is 12.5 Å².